The Kier molecular flexibility index (Phi) is 5.11. The number of hydrogen-bond donors (Lipinski definition) is 1. The van der Waals surface area contributed by atoms with Gasteiger partial charge in [0.15, 0.2) is 0 Å². The first-order chi connectivity index (χ1) is 11.7. The standard InChI is InChI=1S/C21H24N2O/c1-15(13-22)10-18-11-16(2)20-12-19(8-9-21(20)23-18)24-14-17-6-4-3-5-7-17/h3-9,11-12,15H,10,13-14,22H2,1-2H3. The molecule has 1 heterocycles. The monoisotopic (exact) mass is 320 g/mol. The van der Waals surface area contributed by atoms with E-state index in [1.165, 1.54) is 11.1 Å². The third-order valence-electron chi connectivity index (χ3n) is 4.25. The first-order valence-electron chi connectivity index (χ1n) is 8.43. The van der Waals surface area contributed by atoms with Gasteiger partial charge in [-0.15, -0.1) is 0 Å². The molecule has 1 atom stereocenters. The Morgan fingerprint density at radius 2 is 1.88 bits per heavy atom. The van der Waals surface area contributed by atoms with Crippen molar-refractivity contribution in [3.63, 3.8) is 0 Å². The minimum atomic E-state index is 0.447. The lowest BCUT2D eigenvalue weighted by Crippen LogP contribution is -2.14. The van der Waals surface area contributed by atoms with E-state index in [1.54, 1.807) is 0 Å². The molecule has 3 aromatic rings. The molecule has 0 amide bonds. The number of fused-ring (bicyclic) bond motifs is 1. The molecule has 0 bridgehead atoms. The molecule has 3 heteroatoms. The van der Waals surface area contributed by atoms with Crippen molar-refractivity contribution in [1.29, 1.82) is 0 Å². The summed E-state index contributed by atoms with van der Waals surface area (Å²) >= 11 is 0. The Morgan fingerprint density at radius 1 is 1.08 bits per heavy atom. The molecule has 0 aliphatic rings. The van der Waals surface area contributed by atoms with Crippen LogP contribution in [0.1, 0.15) is 23.7 Å². The molecule has 1 aromatic heterocycles. The van der Waals surface area contributed by atoms with Crippen molar-refractivity contribution in [2.75, 3.05) is 6.54 Å². The number of nitrogens with zero attached hydrogens (tertiary/aromatic N) is 1. The first kappa shape index (κ1) is 16.5. The second-order valence-electron chi connectivity index (χ2n) is 6.43. The zero-order valence-corrected chi connectivity index (χ0v) is 14.3. The van der Waals surface area contributed by atoms with E-state index in [4.69, 9.17) is 15.5 Å². The predicted octanol–water partition coefficient (Wildman–Crippen LogP) is 4.26. The molecule has 0 saturated carbocycles. The van der Waals surface area contributed by atoms with Crippen LogP contribution in [-0.4, -0.2) is 11.5 Å². The van der Waals surface area contributed by atoms with Gasteiger partial charge in [0.1, 0.15) is 12.4 Å². The average molecular weight is 320 g/mol. The molecule has 0 aliphatic carbocycles. The summed E-state index contributed by atoms with van der Waals surface area (Å²) in [6, 6.07) is 18.5. The minimum absolute atomic E-state index is 0.447. The molecule has 0 saturated heterocycles. The number of rotatable bonds is 6. The van der Waals surface area contributed by atoms with Gasteiger partial charge < -0.3 is 10.5 Å². The minimum Gasteiger partial charge on any atom is -0.489 e. The Bertz CT molecular complexity index is 815. The molecule has 3 nitrogen and oxygen atoms in total. The van der Waals surface area contributed by atoms with Gasteiger partial charge in [0.25, 0.3) is 0 Å². The summed E-state index contributed by atoms with van der Waals surface area (Å²) < 4.78 is 5.92. The molecule has 124 valence electrons. The number of aryl methyl sites for hydroxylation is 1. The van der Waals surface area contributed by atoms with E-state index in [1.807, 2.05) is 30.3 Å². The van der Waals surface area contributed by atoms with Crippen molar-refractivity contribution in [3.05, 3.63) is 71.4 Å². The molecular weight excluding hydrogens is 296 g/mol. The summed E-state index contributed by atoms with van der Waals surface area (Å²) in [5.41, 5.74) is 10.2. The molecule has 0 aliphatic heterocycles. The molecule has 1 unspecified atom stereocenters. The lowest BCUT2D eigenvalue weighted by atomic mass is 10.0. The third kappa shape index (κ3) is 3.92. The molecule has 0 fully saturated rings. The van der Waals surface area contributed by atoms with E-state index in [9.17, 15) is 0 Å². The highest BCUT2D eigenvalue weighted by Crippen LogP contribution is 2.24. The maximum atomic E-state index is 5.92. The second-order valence-corrected chi connectivity index (χ2v) is 6.43. The van der Waals surface area contributed by atoms with Crippen LogP contribution >= 0.6 is 0 Å². The fourth-order valence-corrected chi connectivity index (χ4v) is 2.82. The molecule has 0 radical (unpaired) electrons. The summed E-state index contributed by atoms with van der Waals surface area (Å²) in [5, 5.41) is 1.14. The fraction of sp³-hybridized carbons (Fsp3) is 0.286. The van der Waals surface area contributed by atoms with Crippen LogP contribution in [0.3, 0.4) is 0 Å². The number of pyridine rings is 1. The van der Waals surface area contributed by atoms with E-state index in [2.05, 4.69) is 38.1 Å². The van der Waals surface area contributed by atoms with Crippen LogP contribution in [0, 0.1) is 12.8 Å². The van der Waals surface area contributed by atoms with E-state index >= 15 is 0 Å². The van der Waals surface area contributed by atoms with E-state index < -0.39 is 0 Å². The van der Waals surface area contributed by atoms with Gasteiger partial charge >= 0.3 is 0 Å². The zero-order valence-electron chi connectivity index (χ0n) is 14.3. The van der Waals surface area contributed by atoms with Gasteiger partial charge in [-0.3, -0.25) is 4.98 Å². The van der Waals surface area contributed by atoms with Gasteiger partial charge in [0.2, 0.25) is 0 Å². The van der Waals surface area contributed by atoms with Crippen molar-refractivity contribution in [1.82, 2.24) is 4.98 Å². The quantitative estimate of drug-likeness (QED) is 0.738. The Labute approximate surface area is 143 Å². The van der Waals surface area contributed by atoms with Gasteiger partial charge in [-0.1, -0.05) is 37.3 Å². The maximum absolute atomic E-state index is 5.92. The summed E-state index contributed by atoms with van der Waals surface area (Å²) in [6.45, 7) is 5.54. The Hall–Kier alpha value is -2.39. The van der Waals surface area contributed by atoms with Crippen LogP contribution in [-0.2, 0) is 13.0 Å². The second kappa shape index (κ2) is 7.45. The van der Waals surface area contributed by atoms with Gasteiger partial charge in [-0.2, -0.15) is 0 Å². The summed E-state index contributed by atoms with van der Waals surface area (Å²) in [6.07, 6.45) is 0.916. The summed E-state index contributed by atoms with van der Waals surface area (Å²) in [7, 11) is 0. The van der Waals surface area contributed by atoms with Crippen LogP contribution < -0.4 is 10.5 Å². The molecule has 2 N–H and O–H groups in total. The first-order valence-corrected chi connectivity index (χ1v) is 8.43. The highest BCUT2D eigenvalue weighted by Gasteiger charge is 2.08. The highest BCUT2D eigenvalue weighted by molar-refractivity contribution is 5.83. The van der Waals surface area contributed by atoms with Crippen molar-refractivity contribution >= 4 is 10.9 Å². The predicted molar refractivity (Wildman–Crippen MR) is 99.2 cm³/mol. The molecule has 3 rings (SSSR count). The van der Waals surface area contributed by atoms with Gasteiger partial charge in [0.05, 0.1) is 5.52 Å². The number of nitrogens with two attached hydrogens (primary N) is 1. The number of hydrogen-bond acceptors (Lipinski definition) is 3. The molecule has 0 spiro atoms. The van der Waals surface area contributed by atoms with Crippen molar-refractivity contribution < 1.29 is 4.74 Å². The van der Waals surface area contributed by atoms with Crippen molar-refractivity contribution in [2.24, 2.45) is 11.7 Å². The number of benzene rings is 2. The zero-order chi connectivity index (χ0) is 16.9. The molecule has 24 heavy (non-hydrogen) atoms. The lowest BCUT2D eigenvalue weighted by Gasteiger charge is -2.12. The molecule has 2 aromatic carbocycles. The van der Waals surface area contributed by atoms with Crippen LogP contribution in [0.25, 0.3) is 10.9 Å². The summed E-state index contributed by atoms with van der Waals surface area (Å²) in [5.74, 6) is 1.32. The number of aromatic nitrogens is 1. The topological polar surface area (TPSA) is 48.1 Å². The largest absolute Gasteiger partial charge is 0.489 e. The summed E-state index contributed by atoms with van der Waals surface area (Å²) in [4.78, 5) is 4.77. The molecular formula is C21H24N2O. The SMILES string of the molecule is Cc1cc(CC(C)CN)nc2ccc(OCc3ccccc3)cc12. The maximum Gasteiger partial charge on any atom is 0.120 e. The smallest absolute Gasteiger partial charge is 0.120 e. The van der Waals surface area contributed by atoms with Crippen LogP contribution in [0.5, 0.6) is 5.75 Å². The van der Waals surface area contributed by atoms with Crippen molar-refractivity contribution in [2.45, 2.75) is 26.9 Å². The highest BCUT2D eigenvalue weighted by atomic mass is 16.5. The van der Waals surface area contributed by atoms with Gasteiger partial charge in [-0.05, 0) is 61.2 Å². The normalized spacial score (nSPS) is 12.3. The van der Waals surface area contributed by atoms with Crippen LogP contribution in [0.15, 0.2) is 54.6 Å². The van der Waals surface area contributed by atoms with Crippen LogP contribution in [0.4, 0.5) is 0 Å². The Balaban J connectivity index is 1.80. The van der Waals surface area contributed by atoms with Gasteiger partial charge in [-0.25, -0.2) is 0 Å². The fourth-order valence-electron chi connectivity index (χ4n) is 2.82. The van der Waals surface area contributed by atoms with Crippen molar-refractivity contribution in [3.8, 4) is 5.75 Å². The average Bonchev–Trinajstić information content (AvgIpc) is 2.61. The van der Waals surface area contributed by atoms with E-state index in [0.717, 1.165) is 28.8 Å². The van der Waals surface area contributed by atoms with Gasteiger partial charge in [0, 0.05) is 11.1 Å². The third-order valence-corrected chi connectivity index (χ3v) is 4.25. The Morgan fingerprint density at radius 3 is 2.62 bits per heavy atom. The number of ether oxygens (including phenoxy) is 1. The van der Waals surface area contributed by atoms with E-state index in [0.29, 0.717) is 19.1 Å². The lowest BCUT2D eigenvalue weighted by molar-refractivity contribution is 0.306. The van der Waals surface area contributed by atoms with Crippen LogP contribution in [0.2, 0.25) is 0 Å². The van der Waals surface area contributed by atoms with E-state index in [-0.39, 0.29) is 0 Å².